The molecular weight excluding hydrogens is 228 g/mol. The normalized spacial score (nSPS) is 52.1. The molecule has 0 saturated heterocycles. The molecule has 19 heavy (non-hydrogen) atoms. The zero-order chi connectivity index (χ0) is 14.8. The summed E-state index contributed by atoms with van der Waals surface area (Å²) < 4.78 is 0. The molecule has 0 aromatic rings. The van der Waals surface area contributed by atoms with Crippen molar-refractivity contribution in [2.45, 2.75) is 75.2 Å². The summed E-state index contributed by atoms with van der Waals surface area (Å²) in [6.45, 7) is 22.7. The predicted molar refractivity (Wildman–Crippen MR) is 85.0 cm³/mol. The van der Waals surface area contributed by atoms with E-state index in [1.807, 2.05) is 0 Å². The third-order valence-corrected chi connectivity index (χ3v) is 8.54. The highest BCUT2D eigenvalue weighted by Crippen LogP contribution is 2.82. The van der Waals surface area contributed by atoms with Crippen LogP contribution in [-0.4, -0.2) is 0 Å². The first-order valence-corrected chi connectivity index (χ1v) is 8.62. The molecule has 2 saturated carbocycles. The molecular formula is C19H36. The van der Waals surface area contributed by atoms with Crippen LogP contribution in [0, 0.1) is 45.8 Å². The molecule has 6 unspecified atom stereocenters. The van der Waals surface area contributed by atoms with Gasteiger partial charge in [0.2, 0.25) is 0 Å². The first-order valence-electron chi connectivity index (χ1n) is 8.62. The fourth-order valence-corrected chi connectivity index (χ4v) is 7.32. The number of fused-ring (bicyclic) bond motifs is 1. The fourth-order valence-electron chi connectivity index (χ4n) is 7.32. The summed E-state index contributed by atoms with van der Waals surface area (Å²) in [5.41, 5.74) is 1.53. The van der Waals surface area contributed by atoms with Crippen LogP contribution in [0.4, 0.5) is 0 Å². The second-order valence-corrected chi connectivity index (χ2v) is 8.78. The quantitative estimate of drug-likeness (QED) is 0.585. The van der Waals surface area contributed by atoms with Crippen LogP contribution in [0.2, 0.25) is 0 Å². The van der Waals surface area contributed by atoms with E-state index in [-0.39, 0.29) is 0 Å². The highest BCUT2D eigenvalue weighted by molar-refractivity contribution is 5.24. The van der Waals surface area contributed by atoms with Crippen molar-refractivity contribution < 1.29 is 0 Å². The smallest absolute Gasteiger partial charge is 0.0179 e. The zero-order valence-electron chi connectivity index (χ0n) is 14.8. The van der Waals surface area contributed by atoms with Gasteiger partial charge in [-0.15, -0.1) is 0 Å². The predicted octanol–water partition coefficient (Wildman–Crippen LogP) is 6.01. The van der Waals surface area contributed by atoms with E-state index in [4.69, 9.17) is 0 Å². The molecule has 112 valence electrons. The maximum Gasteiger partial charge on any atom is -0.0179 e. The molecule has 0 heterocycles. The van der Waals surface area contributed by atoms with E-state index in [0.29, 0.717) is 16.2 Å². The lowest BCUT2D eigenvalue weighted by Crippen LogP contribution is -2.67. The van der Waals surface area contributed by atoms with Gasteiger partial charge in [0.1, 0.15) is 0 Å². The number of hydrogen-bond acceptors (Lipinski definition) is 0. The lowest BCUT2D eigenvalue weighted by Gasteiger charge is -2.72. The van der Waals surface area contributed by atoms with Crippen molar-refractivity contribution in [2.75, 3.05) is 0 Å². The Labute approximate surface area is 121 Å². The van der Waals surface area contributed by atoms with Gasteiger partial charge in [-0.05, 0) is 45.8 Å². The molecule has 0 N–H and O–H groups in total. The van der Waals surface area contributed by atoms with Crippen molar-refractivity contribution >= 4 is 0 Å². The van der Waals surface area contributed by atoms with Crippen LogP contribution in [0.15, 0.2) is 0 Å². The van der Waals surface area contributed by atoms with E-state index in [2.05, 4.69) is 62.3 Å². The molecule has 0 bridgehead atoms. The fraction of sp³-hybridized carbons (Fsp3) is 1.00. The van der Waals surface area contributed by atoms with Crippen molar-refractivity contribution in [1.82, 2.24) is 0 Å². The third-order valence-electron chi connectivity index (χ3n) is 8.54. The molecule has 2 fully saturated rings. The first kappa shape index (κ1) is 15.4. The minimum absolute atomic E-state index is 0.483. The van der Waals surface area contributed by atoms with Crippen LogP contribution in [0.3, 0.4) is 0 Å². The highest BCUT2D eigenvalue weighted by atomic mass is 14.8. The van der Waals surface area contributed by atoms with E-state index < -0.39 is 0 Å². The Morgan fingerprint density at radius 2 is 1.37 bits per heavy atom. The van der Waals surface area contributed by atoms with E-state index in [1.54, 1.807) is 0 Å². The van der Waals surface area contributed by atoms with Gasteiger partial charge in [0.15, 0.2) is 0 Å². The van der Waals surface area contributed by atoms with Gasteiger partial charge in [0.05, 0.1) is 0 Å². The summed E-state index contributed by atoms with van der Waals surface area (Å²) in [7, 11) is 0. The average Bonchev–Trinajstić information content (AvgIpc) is 2.45. The van der Waals surface area contributed by atoms with Crippen LogP contribution >= 0.6 is 0 Å². The second kappa shape index (κ2) is 4.25. The lowest BCUT2D eigenvalue weighted by atomic mass is 9.32. The van der Waals surface area contributed by atoms with E-state index >= 15 is 0 Å². The van der Waals surface area contributed by atoms with Crippen molar-refractivity contribution in [3.05, 3.63) is 0 Å². The van der Waals surface area contributed by atoms with Crippen LogP contribution in [0.5, 0.6) is 0 Å². The highest BCUT2D eigenvalue weighted by Gasteiger charge is 2.77. The largest absolute Gasteiger partial charge is 0.0651 e. The average molecular weight is 264 g/mol. The monoisotopic (exact) mass is 264 g/mol. The van der Waals surface area contributed by atoms with E-state index in [9.17, 15) is 0 Å². The van der Waals surface area contributed by atoms with Gasteiger partial charge >= 0.3 is 0 Å². The van der Waals surface area contributed by atoms with Crippen LogP contribution in [-0.2, 0) is 0 Å². The van der Waals surface area contributed by atoms with E-state index in [0.717, 1.165) is 29.6 Å². The molecule has 0 spiro atoms. The standard InChI is InChI=1S/C19H36/c1-10-14-13(5)16-15(11-2)18(8,12(3)4)19(16,9)17(14,6)7/h12-16H,10-11H2,1-9H3. The zero-order valence-corrected chi connectivity index (χ0v) is 14.8. The minimum atomic E-state index is 0.483. The van der Waals surface area contributed by atoms with Crippen molar-refractivity contribution in [2.24, 2.45) is 45.8 Å². The van der Waals surface area contributed by atoms with Crippen LogP contribution < -0.4 is 0 Å². The maximum atomic E-state index is 2.63. The van der Waals surface area contributed by atoms with Gasteiger partial charge in [0, 0.05) is 0 Å². The molecule has 0 aromatic heterocycles. The Kier molecular flexibility index (Phi) is 3.44. The summed E-state index contributed by atoms with van der Waals surface area (Å²) >= 11 is 0. The third kappa shape index (κ3) is 1.37. The van der Waals surface area contributed by atoms with Crippen molar-refractivity contribution in [3.8, 4) is 0 Å². The van der Waals surface area contributed by atoms with E-state index in [1.165, 1.54) is 12.8 Å². The van der Waals surface area contributed by atoms with Gasteiger partial charge < -0.3 is 0 Å². The minimum Gasteiger partial charge on any atom is -0.0651 e. The summed E-state index contributed by atoms with van der Waals surface area (Å²) in [5, 5.41) is 0. The van der Waals surface area contributed by atoms with Crippen LogP contribution in [0.1, 0.15) is 75.2 Å². The first-order chi connectivity index (χ1) is 8.62. The lowest BCUT2D eigenvalue weighted by molar-refractivity contribution is -0.247. The molecule has 2 rings (SSSR count). The van der Waals surface area contributed by atoms with Gasteiger partial charge in [-0.1, -0.05) is 75.2 Å². The molecule has 0 amide bonds. The Morgan fingerprint density at radius 3 is 1.74 bits per heavy atom. The van der Waals surface area contributed by atoms with Crippen LogP contribution in [0.25, 0.3) is 0 Å². The molecule has 0 aromatic carbocycles. The molecule has 0 aliphatic heterocycles. The molecule has 2 aliphatic rings. The Balaban J connectivity index is 2.55. The molecule has 2 aliphatic carbocycles. The second-order valence-electron chi connectivity index (χ2n) is 8.78. The van der Waals surface area contributed by atoms with Gasteiger partial charge in [-0.25, -0.2) is 0 Å². The molecule has 0 nitrogen and oxygen atoms in total. The van der Waals surface area contributed by atoms with Crippen molar-refractivity contribution in [3.63, 3.8) is 0 Å². The summed E-state index contributed by atoms with van der Waals surface area (Å²) in [4.78, 5) is 0. The van der Waals surface area contributed by atoms with Crippen molar-refractivity contribution in [1.29, 1.82) is 0 Å². The topological polar surface area (TPSA) is 0 Å². The Morgan fingerprint density at radius 1 is 0.895 bits per heavy atom. The molecule has 6 atom stereocenters. The molecule has 0 radical (unpaired) electrons. The van der Waals surface area contributed by atoms with Gasteiger partial charge in [0.25, 0.3) is 0 Å². The molecule has 0 heteroatoms. The summed E-state index contributed by atoms with van der Waals surface area (Å²) in [6, 6.07) is 0. The Bertz CT molecular complexity index is 353. The SMILES string of the molecule is CCC1C(C)C2C(CC)C(C)(C(C)C)C2(C)C1(C)C. The van der Waals surface area contributed by atoms with Gasteiger partial charge in [-0.2, -0.15) is 0 Å². The number of hydrogen-bond donors (Lipinski definition) is 0. The Hall–Kier alpha value is 0. The summed E-state index contributed by atoms with van der Waals surface area (Å²) in [5.74, 6) is 4.48. The van der Waals surface area contributed by atoms with Gasteiger partial charge in [-0.3, -0.25) is 0 Å². The number of rotatable bonds is 3. The maximum absolute atomic E-state index is 2.63. The summed E-state index contributed by atoms with van der Waals surface area (Å²) in [6.07, 6.45) is 2.72.